The van der Waals surface area contributed by atoms with Crippen LogP contribution < -0.4 is 0 Å². The number of hydrogen-bond donors (Lipinski definition) is 3. The quantitative estimate of drug-likeness (QED) is 0.417. The molecule has 1 aliphatic rings. The molecule has 1 rings (SSSR count). The summed E-state index contributed by atoms with van der Waals surface area (Å²) in [6.45, 7) is -0.287. The van der Waals surface area contributed by atoms with Gasteiger partial charge in [0.2, 0.25) is 0 Å². The highest BCUT2D eigenvalue weighted by molar-refractivity contribution is 5.38. The Morgan fingerprint density at radius 1 is 1.50 bits per heavy atom. The molecule has 0 aromatic heterocycles. The number of aliphatic hydroxyl groups is 3. The molecule has 1 aliphatic heterocycles. The predicted octanol–water partition coefficient (Wildman–Crippen LogP) is -2.40. The summed E-state index contributed by atoms with van der Waals surface area (Å²) >= 11 is 0. The van der Waals surface area contributed by atoms with Crippen LogP contribution in [0.4, 0.5) is 0 Å². The van der Waals surface area contributed by atoms with E-state index in [1.54, 1.807) is 0 Å². The van der Waals surface area contributed by atoms with E-state index in [1.165, 1.54) is 0 Å². The summed E-state index contributed by atoms with van der Waals surface area (Å²) in [6.07, 6.45) is -4.57. The van der Waals surface area contributed by atoms with Crippen molar-refractivity contribution in [3.8, 4) is 0 Å². The summed E-state index contributed by atoms with van der Waals surface area (Å²) in [5.41, 5.74) is 0. The molecule has 6 nitrogen and oxygen atoms in total. The summed E-state index contributed by atoms with van der Waals surface area (Å²) in [7, 11) is 0. The monoisotopic (exact) mass is 178 g/mol. The lowest BCUT2D eigenvalue weighted by Gasteiger charge is -2.15. The van der Waals surface area contributed by atoms with Crippen molar-refractivity contribution >= 4 is 6.47 Å². The molecular formula is C6H10O6. The van der Waals surface area contributed by atoms with Gasteiger partial charge in [0.15, 0.2) is 12.4 Å². The van der Waals surface area contributed by atoms with Gasteiger partial charge in [0.05, 0.1) is 6.61 Å². The van der Waals surface area contributed by atoms with Gasteiger partial charge in [0, 0.05) is 0 Å². The van der Waals surface area contributed by atoms with E-state index in [2.05, 4.69) is 9.47 Å². The Kier molecular flexibility index (Phi) is 2.99. The average molecular weight is 178 g/mol. The zero-order valence-electron chi connectivity index (χ0n) is 6.16. The normalized spacial score (nSPS) is 41.2. The van der Waals surface area contributed by atoms with E-state index >= 15 is 0 Å². The summed E-state index contributed by atoms with van der Waals surface area (Å²) in [4.78, 5) is 9.92. The minimum atomic E-state index is -1.41. The highest BCUT2D eigenvalue weighted by Crippen LogP contribution is 2.21. The predicted molar refractivity (Wildman–Crippen MR) is 34.9 cm³/mol. The van der Waals surface area contributed by atoms with E-state index in [-0.39, 0.29) is 6.47 Å². The van der Waals surface area contributed by atoms with Crippen molar-refractivity contribution in [2.24, 2.45) is 0 Å². The summed E-state index contributed by atoms with van der Waals surface area (Å²) in [6, 6.07) is 0. The molecule has 6 heteroatoms. The first-order valence-corrected chi connectivity index (χ1v) is 3.42. The van der Waals surface area contributed by atoms with Crippen LogP contribution in [0.2, 0.25) is 0 Å². The fourth-order valence-electron chi connectivity index (χ4n) is 1.10. The van der Waals surface area contributed by atoms with Gasteiger partial charge in [0.1, 0.15) is 12.2 Å². The Bertz CT molecular complexity index is 160. The lowest BCUT2D eigenvalue weighted by Crippen LogP contribution is -2.36. The van der Waals surface area contributed by atoms with Crippen LogP contribution in [0.3, 0.4) is 0 Å². The molecular weight excluding hydrogens is 168 g/mol. The summed E-state index contributed by atoms with van der Waals surface area (Å²) in [5.74, 6) is 0. The molecule has 0 spiro atoms. The van der Waals surface area contributed by atoms with Crippen LogP contribution >= 0.6 is 0 Å². The van der Waals surface area contributed by atoms with Gasteiger partial charge in [-0.05, 0) is 0 Å². The number of rotatable bonds is 3. The molecule has 0 bridgehead atoms. The lowest BCUT2D eigenvalue weighted by atomic mass is 10.1. The molecule has 0 aromatic carbocycles. The lowest BCUT2D eigenvalue weighted by molar-refractivity contribution is -0.140. The zero-order valence-corrected chi connectivity index (χ0v) is 6.16. The third kappa shape index (κ3) is 1.56. The van der Waals surface area contributed by atoms with Crippen molar-refractivity contribution < 1.29 is 29.6 Å². The molecule has 12 heavy (non-hydrogen) atoms. The maximum Gasteiger partial charge on any atom is 0.293 e. The first-order valence-electron chi connectivity index (χ1n) is 3.42. The molecule has 0 aliphatic carbocycles. The molecule has 1 saturated heterocycles. The topological polar surface area (TPSA) is 96.2 Å². The first-order chi connectivity index (χ1) is 5.70. The Morgan fingerprint density at radius 3 is 2.67 bits per heavy atom. The van der Waals surface area contributed by atoms with E-state index in [1.807, 2.05) is 0 Å². The minimum Gasteiger partial charge on any atom is -0.459 e. The Morgan fingerprint density at radius 2 is 2.17 bits per heavy atom. The summed E-state index contributed by atoms with van der Waals surface area (Å²) in [5, 5.41) is 26.7. The average Bonchev–Trinajstić information content (AvgIpc) is 2.33. The molecule has 0 saturated carbocycles. The maximum absolute atomic E-state index is 9.92. The fraction of sp³-hybridized carbons (Fsp3) is 0.833. The van der Waals surface area contributed by atoms with Crippen LogP contribution in [0.15, 0.2) is 0 Å². The maximum atomic E-state index is 9.92. The van der Waals surface area contributed by atoms with E-state index in [9.17, 15) is 4.79 Å². The van der Waals surface area contributed by atoms with E-state index in [4.69, 9.17) is 15.3 Å². The van der Waals surface area contributed by atoms with Gasteiger partial charge in [-0.1, -0.05) is 0 Å². The molecule has 0 radical (unpaired) electrons. The van der Waals surface area contributed by atoms with Crippen molar-refractivity contribution in [2.75, 3.05) is 6.61 Å². The third-order valence-electron chi connectivity index (χ3n) is 1.70. The minimum absolute atomic E-state index is 0.137. The van der Waals surface area contributed by atoms with Gasteiger partial charge in [-0.15, -0.1) is 0 Å². The number of aliphatic hydroxyl groups excluding tert-OH is 3. The molecule has 4 unspecified atom stereocenters. The number of hydrogen-bond acceptors (Lipinski definition) is 6. The van der Waals surface area contributed by atoms with Crippen molar-refractivity contribution in [3.05, 3.63) is 0 Å². The molecule has 1 heterocycles. The highest BCUT2D eigenvalue weighted by atomic mass is 16.7. The van der Waals surface area contributed by atoms with Crippen LogP contribution in [-0.4, -0.2) is 53.0 Å². The number of ether oxygens (including phenoxy) is 2. The van der Waals surface area contributed by atoms with Crippen molar-refractivity contribution in [1.82, 2.24) is 0 Å². The second kappa shape index (κ2) is 3.81. The molecule has 4 atom stereocenters. The van der Waals surface area contributed by atoms with Crippen LogP contribution in [0.25, 0.3) is 0 Å². The molecule has 70 valence electrons. The molecule has 0 aromatic rings. The number of carbonyl (C=O) groups excluding carboxylic acids is 1. The second-order valence-corrected chi connectivity index (χ2v) is 2.44. The summed E-state index contributed by atoms with van der Waals surface area (Å²) < 4.78 is 9.07. The smallest absolute Gasteiger partial charge is 0.293 e. The van der Waals surface area contributed by atoms with Crippen LogP contribution in [0.5, 0.6) is 0 Å². The Labute approximate surface area is 68.3 Å². The van der Waals surface area contributed by atoms with Gasteiger partial charge in [-0.2, -0.15) is 0 Å². The van der Waals surface area contributed by atoms with E-state index < -0.39 is 31.2 Å². The SMILES string of the molecule is O=COC1C(CO)OC(O)C1O. The van der Waals surface area contributed by atoms with Gasteiger partial charge in [0.25, 0.3) is 6.47 Å². The van der Waals surface area contributed by atoms with Crippen LogP contribution in [-0.2, 0) is 14.3 Å². The van der Waals surface area contributed by atoms with E-state index in [0.29, 0.717) is 0 Å². The van der Waals surface area contributed by atoms with Crippen molar-refractivity contribution in [2.45, 2.75) is 24.6 Å². The first kappa shape index (κ1) is 9.40. The van der Waals surface area contributed by atoms with Crippen molar-refractivity contribution in [3.63, 3.8) is 0 Å². The standard InChI is InChI=1S/C6H10O6/c7-1-3-5(11-2-8)4(9)6(10)12-3/h2-7,9-10H,1H2. The van der Waals surface area contributed by atoms with Crippen LogP contribution in [0, 0.1) is 0 Å². The van der Waals surface area contributed by atoms with Gasteiger partial charge < -0.3 is 24.8 Å². The van der Waals surface area contributed by atoms with Crippen molar-refractivity contribution in [1.29, 1.82) is 0 Å². The molecule has 1 fully saturated rings. The Hall–Kier alpha value is -0.690. The van der Waals surface area contributed by atoms with E-state index in [0.717, 1.165) is 0 Å². The third-order valence-corrected chi connectivity index (χ3v) is 1.70. The van der Waals surface area contributed by atoms with Crippen LogP contribution in [0.1, 0.15) is 0 Å². The molecule has 3 N–H and O–H groups in total. The second-order valence-electron chi connectivity index (χ2n) is 2.44. The fourth-order valence-corrected chi connectivity index (χ4v) is 1.10. The van der Waals surface area contributed by atoms with Gasteiger partial charge in [-0.3, -0.25) is 4.79 Å². The molecule has 0 amide bonds. The number of carbonyl (C=O) groups is 1. The highest BCUT2D eigenvalue weighted by Gasteiger charge is 2.44. The van der Waals surface area contributed by atoms with Gasteiger partial charge >= 0.3 is 0 Å². The Balaban J connectivity index is 2.59. The van der Waals surface area contributed by atoms with Gasteiger partial charge in [-0.25, -0.2) is 0 Å². The largest absolute Gasteiger partial charge is 0.459 e. The zero-order chi connectivity index (χ0) is 9.14.